The van der Waals surface area contributed by atoms with Gasteiger partial charge in [0.25, 0.3) is 5.91 Å². The Morgan fingerprint density at radius 2 is 1.90 bits per heavy atom. The highest BCUT2D eigenvalue weighted by Crippen LogP contribution is 2.34. The number of thiophene rings is 1. The van der Waals surface area contributed by atoms with Crippen LogP contribution in [0.25, 0.3) is 22.3 Å². The molecule has 0 unspecified atom stereocenters. The van der Waals surface area contributed by atoms with E-state index in [1.807, 2.05) is 26.0 Å². The lowest BCUT2D eigenvalue weighted by atomic mass is 10.1. The summed E-state index contributed by atoms with van der Waals surface area (Å²) in [6.45, 7) is 3.72. The van der Waals surface area contributed by atoms with Gasteiger partial charge in [-0.05, 0) is 43.7 Å². The third kappa shape index (κ3) is 3.89. The number of aryl methyl sites for hydroxylation is 1. The van der Waals surface area contributed by atoms with Gasteiger partial charge in [-0.25, -0.2) is 9.78 Å². The summed E-state index contributed by atoms with van der Waals surface area (Å²) < 4.78 is 4.90. The highest BCUT2D eigenvalue weighted by molar-refractivity contribution is 7.16. The fourth-order valence-electron chi connectivity index (χ4n) is 3.28. The van der Waals surface area contributed by atoms with Crippen LogP contribution in [0.15, 0.2) is 48.7 Å². The number of esters is 1. The minimum absolute atomic E-state index is 0.361. The first-order valence-corrected chi connectivity index (χ1v) is 10.6. The van der Waals surface area contributed by atoms with E-state index in [0.29, 0.717) is 43.4 Å². The SMILES string of the molecule is COC(=O)c1c(NC(=O)c2cc(-c3ccccn3)nc3c(Cl)cccc23)sc(C)c1C. The van der Waals surface area contributed by atoms with E-state index in [2.05, 4.69) is 15.3 Å². The first-order valence-electron chi connectivity index (χ1n) is 9.41. The summed E-state index contributed by atoms with van der Waals surface area (Å²) >= 11 is 7.72. The molecule has 0 saturated heterocycles. The largest absolute Gasteiger partial charge is 0.465 e. The van der Waals surface area contributed by atoms with Crippen molar-refractivity contribution in [2.24, 2.45) is 0 Å². The molecule has 0 aliphatic rings. The maximum absolute atomic E-state index is 13.4. The Bertz CT molecular complexity index is 1320. The molecule has 0 atom stereocenters. The first kappa shape index (κ1) is 21.0. The first-order chi connectivity index (χ1) is 14.9. The summed E-state index contributed by atoms with van der Waals surface area (Å²) in [6.07, 6.45) is 1.66. The lowest BCUT2D eigenvalue weighted by Crippen LogP contribution is -2.15. The van der Waals surface area contributed by atoms with Crippen molar-refractivity contribution >= 4 is 50.7 Å². The van der Waals surface area contributed by atoms with Gasteiger partial charge in [0.1, 0.15) is 5.00 Å². The Hall–Kier alpha value is -3.29. The van der Waals surface area contributed by atoms with Gasteiger partial charge < -0.3 is 10.1 Å². The number of nitrogens with one attached hydrogen (secondary N) is 1. The predicted molar refractivity (Wildman–Crippen MR) is 123 cm³/mol. The molecule has 0 spiro atoms. The predicted octanol–water partition coefficient (Wildman–Crippen LogP) is 5.67. The van der Waals surface area contributed by atoms with Crippen LogP contribution in [0.1, 0.15) is 31.2 Å². The molecule has 0 radical (unpaired) electrons. The van der Waals surface area contributed by atoms with Crippen LogP contribution >= 0.6 is 22.9 Å². The highest BCUT2D eigenvalue weighted by atomic mass is 35.5. The minimum Gasteiger partial charge on any atom is -0.465 e. The molecule has 4 rings (SSSR count). The molecule has 8 heteroatoms. The van der Waals surface area contributed by atoms with Crippen molar-refractivity contribution in [2.75, 3.05) is 12.4 Å². The molecule has 1 N–H and O–H groups in total. The second-order valence-corrected chi connectivity index (χ2v) is 8.47. The number of hydrogen-bond donors (Lipinski definition) is 1. The number of nitrogens with zero attached hydrogens (tertiary/aromatic N) is 2. The highest BCUT2D eigenvalue weighted by Gasteiger charge is 2.23. The number of ether oxygens (including phenoxy) is 1. The van der Waals surface area contributed by atoms with E-state index in [9.17, 15) is 9.59 Å². The molecule has 3 heterocycles. The van der Waals surface area contributed by atoms with Crippen molar-refractivity contribution < 1.29 is 14.3 Å². The number of amides is 1. The number of rotatable bonds is 4. The molecule has 0 aliphatic heterocycles. The van der Waals surface area contributed by atoms with Crippen LogP contribution in [0.5, 0.6) is 0 Å². The Morgan fingerprint density at radius 1 is 1.10 bits per heavy atom. The molecule has 0 saturated carbocycles. The average molecular weight is 452 g/mol. The molecule has 0 fully saturated rings. The lowest BCUT2D eigenvalue weighted by molar-refractivity contribution is 0.0601. The van der Waals surface area contributed by atoms with Gasteiger partial charge in [-0.2, -0.15) is 0 Å². The van der Waals surface area contributed by atoms with Gasteiger partial charge in [0.2, 0.25) is 0 Å². The third-order valence-electron chi connectivity index (χ3n) is 4.96. The zero-order valence-corrected chi connectivity index (χ0v) is 18.6. The summed E-state index contributed by atoms with van der Waals surface area (Å²) in [4.78, 5) is 35.5. The second-order valence-electron chi connectivity index (χ2n) is 6.84. The maximum Gasteiger partial charge on any atom is 0.341 e. The number of anilines is 1. The topological polar surface area (TPSA) is 81.2 Å². The molecule has 1 aromatic carbocycles. The normalized spacial score (nSPS) is 10.8. The van der Waals surface area contributed by atoms with Gasteiger partial charge in [0.05, 0.1) is 40.2 Å². The zero-order chi connectivity index (χ0) is 22.1. The summed E-state index contributed by atoms with van der Waals surface area (Å²) in [7, 11) is 1.32. The van der Waals surface area contributed by atoms with Crippen molar-refractivity contribution in [3.05, 3.63) is 75.3 Å². The number of benzene rings is 1. The van der Waals surface area contributed by atoms with E-state index in [-0.39, 0.29) is 5.91 Å². The number of carbonyl (C=O) groups excluding carboxylic acids is 2. The summed E-state index contributed by atoms with van der Waals surface area (Å²) in [5.74, 6) is -0.868. The number of hydrogen-bond acceptors (Lipinski definition) is 6. The standard InChI is InChI=1S/C23H18ClN3O3S/c1-12-13(2)31-22(19(12)23(29)30-3)27-21(28)15-11-18(17-9-4-5-10-25-17)26-20-14(15)7-6-8-16(20)24/h4-11H,1-3H3,(H,27,28). The number of fused-ring (bicyclic) bond motifs is 1. The molecule has 0 aliphatic carbocycles. The Labute approximate surface area is 187 Å². The van der Waals surface area contributed by atoms with Crippen LogP contribution < -0.4 is 5.32 Å². The van der Waals surface area contributed by atoms with Crippen LogP contribution in [-0.2, 0) is 4.74 Å². The minimum atomic E-state index is -0.492. The average Bonchev–Trinajstić information content (AvgIpc) is 3.06. The fraction of sp³-hybridized carbons (Fsp3) is 0.130. The number of aromatic nitrogens is 2. The number of pyridine rings is 2. The molecule has 1 amide bonds. The quantitative estimate of drug-likeness (QED) is 0.404. The lowest BCUT2D eigenvalue weighted by Gasteiger charge is -2.11. The van der Waals surface area contributed by atoms with Gasteiger partial charge in [0.15, 0.2) is 0 Å². The van der Waals surface area contributed by atoms with E-state index in [0.717, 1.165) is 10.4 Å². The number of methoxy groups -OCH3 is 1. The van der Waals surface area contributed by atoms with Gasteiger partial charge >= 0.3 is 5.97 Å². The van der Waals surface area contributed by atoms with Gasteiger partial charge in [-0.3, -0.25) is 9.78 Å². The van der Waals surface area contributed by atoms with Crippen LogP contribution in [0.4, 0.5) is 5.00 Å². The molecular formula is C23H18ClN3O3S. The molecule has 4 aromatic rings. The van der Waals surface area contributed by atoms with E-state index < -0.39 is 5.97 Å². The van der Waals surface area contributed by atoms with Crippen molar-refractivity contribution in [1.29, 1.82) is 0 Å². The molecular weight excluding hydrogens is 434 g/mol. The van der Waals surface area contributed by atoms with Gasteiger partial charge in [-0.1, -0.05) is 29.8 Å². The van der Waals surface area contributed by atoms with Crippen LogP contribution in [0.2, 0.25) is 5.02 Å². The van der Waals surface area contributed by atoms with E-state index >= 15 is 0 Å². The summed E-state index contributed by atoms with van der Waals surface area (Å²) in [6, 6.07) is 12.4. The smallest absolute Gasteiger partial charge is 0.341 e. The monoisotopic (exact) mass is 451 g/mol. The van der Waals surface area contributed by atoms with Crippen LogP contribution in [0.3, 0.4) is 0 Å². The van der Waals surface area contributed by atoms with Crippen LogP contribution in [-0.4, -0.2) is 29.0 Å². The van der Waals surface area contributed by atoms with Gasteiger partial charge in [0, 0.05) is 16.5 Å². The molecule has 6 nitrogen and oxygen atoms in total. The summed E-state index contributed by atoms with van der Waals surface area (Å²) in [5, 5.41) is 4.36. The Balaban J connectivity index is 1.85. The summed E-state index contributed by atoms with van der Waals surface area (Å²) in [5.41, 5.74) is 3.18. The van der Waals surface area contributed by atoms with Crippen molar-refractivity contribution in [2.45, 2.75) is 13.8 Å². The van der Waals surface area contributed by atoms with Crippen molar-refractivity contribution in [3.8, 4) is 11.4 Å². The second kappa shape index (κ2) is 8.45. The molecule has 0 bridgehead atoms. The molecule has 156 valence electrons. The molecule has 31 heavy (non-hydrogen) atoms. The Kier molecular flexibility index (Phi) is 5.71. The zero-order valence-electron chi connectivity index (χ0n) is 17.0. The van der Waals surface area contributed by atoms with E-state index in [1.165, 1.54) is 18.4 Å². The van der Waals surface area contributed by atoms with Crippen LogP contribution in [0, 0.1) is 13.8 Å². The molecule has 3 aromatic heterocycles. The number of halogens is 1. The van der Waals surface area contributed by atoms with Gasteiger partial charge in [-0.15, -0.1) is 11.3 Å². The van der Waals surface area contributed by atoms with E-state index in [1.54, 1.807) is 36.5 Å². The van der Waals surface area contributed by atoms with E-state index in [4.69, 9.17) is 16.3 Å². The third-order valence-corrected chi connectivity index (χ3v) is 6.39. The number of para-hydroxylation sites is 1. The maximum atomic E-state index is 13.4. The van der Waals surface area contributed by atoms with Crippen molar-refractivity contribution in [1.82, 2.24) is 9.97 Å². The number of carbonyl (C=O) groups is 2. The Morgan fingerprint density at radius 3 is 2.61 bits per heavy atom. The fourth-order valence-corrected chi connectivity index (χ4v) is 4.54. The van der Waals surface area contributed by atoms with Crippen molar-refractivity contribution in [3.63, 3.8) is 0 Å².